The van der Waals surface area contributed by atoms with E-state index in [9.17, 15) is 21.6 Å². The molecule has 0 radical (unpaired) electrons. The molecule has 7 heteroatoms. The van der Waals surface area contributed by atoms with Crippen LogP contribution >= 0.6 is 0 Å². The van der Waals surface area contributed by atoms with E-state index in [4.69, 9.17) is 5.73 Å². The predicted octanol–water partition coefficient (Wildman–Crippen LogP) is 1.09. The van der Waals surface area contributed by atoms with Gasteiger partial charge in [0.25, 0.3) is 0 Å². The van der Waals surface area contributed by atoms with Crippen molar-refractivity contribution in [3.8, 4) is 0 Å². The second-order valence-corrected chi connectivity index (χ2v) is 5.32. The molecule has 0 aromatic rings. The summed E-state index contributed by atoms with van der Waals surface area (Å²) in [6.45, 7) is 0.235. The Morgan fingerprint density at radius 3 is 2.00 bits per heavy atom. The second-order valence-electron chi connectivity index (χ2n) is 3.01. The van der Waals surface area contributed by atoms with Gasteiger partial charge in [-0.25, -0.2) is 8.42 Å². The van der Waals surface area contributed by atoms with Crippen LogP contribution in [-0.2, 0) is 9.84 Å². The first-order valence-corrected chi connectivity index (χ1v) is 6.06. The molecule has 0 aliphatic rings. The van der Waals surface area contributed by atoms with Gasteiger partial charge in [0.05, 0.1) is 11.5 Å². The maximum absolute atomic E-state index is 11.7. The second kappa shape index (κ2) is 5.55. The van der Waals surface area contributed by atoms with Gasteiger partial charge in [0, 0.05) is 6.42 Å². The highest BCUT2D eigenvalue weighted by molar-refractivity contribution is 7.91. The molecule has 2 N–H and O–H groups in total. The molecular weight excluding hydrogens is 219 g/mol. The molecule has 0 heterocycles. The molecule has 0 aromatic heterocycles. The number of hydrogen-bond donors (Lipinski definition) is 1. The monoisotopic (exact) mass is 233 g/mol. The Bertz CT molecular complexity index is 248. The lowest BCUT2D eigenvalue weighted by Gasteiger charge is -2.06. The number of hydrogen-bond acceptors (Lipinski definition) is 3. The van der Waals surface area contributed by atoms with Crippen LogP contribution in [0.1, 0.15) is 19.3 Å². The minimum absolute atomic E-state index is 0.124. The van der Waals surface area contributed by atoms with Crippen molar-refractivity contribution in [1.29, 1.82) is 0 Å². The Morgan fingerprint density at radius 1 is 1.07 bits per heavy atom. The van der Waals surface area contributed by atoms with Gasteiger partial charge in [0.15, 0.2) is 0 Å². The third-order valence-electron chi connectivity index (χ3n) is 1.58. The van der Waals surface area contributed by atoms with E-state index in [1.807, 2.05) is 0 Å². The van der Waals surface area contributed by atoms with E-state index < -0.39 is 28.2 Å². The van der Waals surface area contributed by atoms with Crippen LogP contribution in [0.2, 0.25) is 0 Å². The summed E-state index contributed by atoms with van der Waals surface area (Å²) in [5.74, 6) is -0.534. The van der Waals surface area contributed by atoms with Crippen molar-refractivity contribution >= 4 is 9.84 Å². The summed E-state index contributed by atoms with van der Waals surface area (Å²) in [4.78, 5) is 0. The van der Waals surface area contributed by atoms with Crippen LogP contribution in [0, 0.1) is 0 Å². The quantitative estimate of drug-likeness (QED) is 0.747. The summed E-state index contributed by atoms with van der Waals surface area (Å²) in [5.41, 5.74) is 5.09. The molecule has 0 saturated heterocycles. The molecule has 0 saturated carbocycles. The first kappa shape index (κ1) is 13.7. The van der Waals surface area contributed by atoms with Crippen LogP contribution in [0.25, 0.3) is 0 Å². The molecule has 86 valence electrons. The van der Waals surface area contributed by atoms with Crippen molar-refractivity contribution in [3.63, 3.8) is 0 Å². The van der Waals surface area contributed by atoms with Crippen molar-refractivity contribution in [2.24, 2.45) is 5.73 Å². The summed E-state index contributed by atoms with van der Waals surface area (Å²) < 4.78 is 57.1. The molecule has 0 amide bonds. The summed E-state index contributed by atoms with van der Waals surface area (Å²) in [6.07, 6.45) is -5.39. The number of alkyl halides is 3. The van der Waals surface area contributed by atoms with Crippen LogP contribution in [-0.4, -0.2) is 32.6 Å². The van der Waals surface area contributed by atoms with Gasteiger partial charge in [-0.3, -0.25) is 0 Å². The topological polar surface area (TPSA) is 60.2 Å². The number of rotatable bonds is 6. The average molecular weight is 233 g/mol. The van der Waals surface area contributed by atoms with Crippen LogP contribution in [0.15, 0.2) is 0 Å². The molecule has 0 atom stereocenters. The fourth-order valence-corrected chi connectivity index (χ4v) is 2.29. The van der Waals surface area contributed by atoms with Crippen LogP contribution in [0.4, 0.5) is 13.2 Å². The molecule has 0 spiro atoms. The predicted molar refractivity (Wildman–Crippen MR) is 47.6 cm³/mol. The Kier molecular flexibility index (Phi) is 5.43. The maximum atomic E-state index is 11.7. The smallest absolute Gasteiger partial charge is 0.330 e. The molecule has 0 bridgehead atoms. The van der Waals surface area contributed by atoms with Gasteiger partial charge in [-0.15, -0.1) is 0 Å². The van der Waals surface area contributed by atoms with Crippen molar-refractivity contribution in [2.45, 2.75) is 25.4 Å². The van der Waals surface area contributed by atoms with Crippen LogP contribution in [0.5, 0.6) is 0 Å². The zero-order valence-electron chi connectivity index (χ0n) is 7.68. The van der Waals surface area contributed by atoms with E-state index in [-0.39, 0.29) is 18.7 Å². The highest BCUT2D eigenvalue weighted by Crippen LogP contribution is 2.21. The van der Waals surface area contributed by atoms with Gasteiger partial charge < -0.3 is 5.73 Å². The Hall–Kier alpha value is -0.300. The van der Waals surface area contributed by atoms with Gasteiger partial charge in [-0.1, -0.05) is 0 Å². The fraction of sp³-hybridized carbons (Fsp3) is 1.00. The largest absolute Gasteiger partial charge is 0.389 e. The van der Waals surface area contributed by atoms with Gasteiger partial charge in [0.2, 0.25) is 0 Å². The number of halogens is 3. The zero-order valence-corrected chi connectivity index (χ0v) is 8.50. The average Bonchev–Trinajstić information content (AvgIpc) is 1.98. The molecular formula is C7H14F3NO2S. The van der Waals surface area contributed by atoms with Crippen molar-refractivity contribution in [1.82, 2.24) is 0 Å². The highest BCUT2D eigenvalue weighted by Gasteiger charge is 2.27. The summed E-state index contributed by atoms with van der Waals surface area (Å²) in [5, 5.41) is 0. The molecule has 0 fully saturated rings. The molecule has 14 heavy (non-hydrogen) atoms. The lowest BCUT2D eigenvalue weighted by Crippen LogP contribution is -2.16. The van der Waals surface area contributed by atoms with Gasteiger partial charge >= 0.3 is 6.18 Å². The Labute approximate surface area is 81.4 Å². The summed E-state index contributed by atoms with van der Waals surface area (Å²) >= 11 is 0. The third kappa shape index (κ3) is 8.31. The van der Waals surface area contributed by atoms with Crippen molar-refractivity contribution in [3.05, 3.63) is 0 Å². The van der Waals surface area contributed by atoms with Gasteiger partial charge in [-0.05, 0) is 19.4 Å². The number of sulfone groups is 1. The first-order chi connectivity index (χ1) is 6.27. The Morgan fingerprint density at radius 2 is 1.57 bits per heavy atom. The third-order valence-corrected chi connectivity index (χ3v) is 3.40. The molecule has 0 aliphatic carbocycles. The minimum Gasteiger partial charge on any atom is -0.330 e. The fourth-order valence-electron chi connectivity index (χ4n) is 0.898. The normalized spacial score (nSPS) is 13.1. The highest BCUT2D eigenvalue weighted by atomic mass is 32.2. The SMILES string of the molecule is NCCCS(=O)(=O)CCCC(F)(F)F. The standard InChI is InChI=1S/C7H14F3NO2S/c8-7(9,10)3-1-5-14(12,13)6-2-4-11/h1-6,11H2. The lowest BCUT2D eigenvalue weighted by molar-refractivity contribution is -0.134. The Balaban J connectivity index is 3.78. The molecule has 3 nitrogen and oxygen atoms in total. The van der Waals surface area contributed by atoms with Crippen LogP contribution < -0.4 is 5.73 Å². The van der Waals surface area contributed by atoms with Crippen molar-refractivity contribution in [2.75, 3.05) is 18.1 Å². The van der Waals surface area contributed by atoms with E-state index in [1.54, 1.807) is 0 Å². The van der Waals surface area contributed by atoms with E-state index in [2.05, 4.69) is 0 Å². The minimum atomic E-state index is -4.27. The molecule has 0 aromatic carbocycles. The summed E-state index contributed by atoms with van der Waals surface area (Å²) in [7, 11) is -3.35. The van der Waals surface area contributed by atoms with Crippen LogP contribution in [0.3, 0.4) is 0 Å². The zero-order chi connectivity index (χ0) is 11.2. The van der Waals surface area contributed by atoms with E-state index in [1.165, 1.54) is 0 Å². The van der Waals surface area contributed by atoms with E-state index in [0.717, 1.165) is 0 Å². The van der Waals surface area contributed by atoms with Crippen molar-refractivity contribution < 1.29 is 21.6 Å². The van der Waals surface area contributed by atoms with Gasteiger partial charge in [0.1, 0.15) is 9.84 Å². The summed E-state index contributed by atoms with van der Waals surface area (Å²) in [6, 6.07) is 0. The first-order valence-electron chi connectivity index (χ1n) is 4.24. The van der Waals surface area contributed by atoms with E-state index in [0.29, 0.717) is 6.42 Å². The number of nitrogens with two attached hydrogens (primary N) is 1. The lowest BCUT2D eigenvalue weighted by atomic mass is 10.3. The van der Waals surface area contributed by atoms with E-state index >= 15 is 0 Å². The van der Waals surface area contributed by atoms with Gasteiger partial charge in [-0.2, -0.15) is 13.2 Å². The molecule has 0 rings (SSSR count). The molecule has 0 unspecified atom stereocenters. The maximum Gasteiger partial charge on any atom is 0.389 e. The molecule has 0 aliphatic heterocycles.